The maximum atomic E-state index is 12.1. The molecule has 0 heterocycles. The SMILES string of the molecule is COCCNC(=O)c1cccc(C#Cc2ccc(CC(C)CC(C)=O)cc2)c1. The van der Waals surface area contributed by atoms with Crippen LogP contribution in [-0.2, 0) is 16.0 Å². The molecule has 1 atom stereocenters. The molecule has 0 radical (unpaired) electrons. The van der Waals surface area contributed by atoms with Crippen LogP contribution in [0.15, 0.2) is 48.5 Å². The molecule has 0 fully saturated rings. The standard InChI is InChI=1S/C24H27NO3/c1-18(15-19(2)26)16-22-11-8-20(9-12-22)7-10-21-5-4-6-23(17-21)24(27)25-13-14-28-3/h4-6,8-9,11-12,17-18H,13-16H2,1-3H3,(H,25,27). The Morgan fingerprint density at radius 2 is 1.79 bits per heavy atom. The molecule has 2 aromatic carbocycles. The normalized spacial score (nSPS) is 11.2. The summed E-state index contributed by atoms with van der Waals surface area (Å²) in [5.41, 5.74) is 3.49. The van der Waals surface area contributed by atoms with E-state index in [1.54, 1.807) is 26.2 Å². The minimum Gasteiger partial charge on any atom is -0.383 e. The monoisotopic (exact) mass is 377 g/mol. The number of Topliss-reactive ketones (excluding diaryl/α,β-unsaturated/α-hetero) is 1. The highest BCUT2D eigenvalue weighted by Gasteiger charge is 2.07. The van der Waals surface area contributed by atoms with Crippen LogP contribution in [0.4, 0.5) is 0 Å². The zero-order valence-corrected chi connectivity index (χ0v) is 16.7. The number of ether oxygens (including phenoxy) is 1. The summed E-state index contributed by atoms with van der Waals surface area (Å²) >= 11 is 0. The summed E-state index contributed by atoms with van der Waals surface area (Å²) in [5.74, 6) is 6.68. The molecule has 1 N–H and O–H groups in total. The van der Waals surface area contributed by atoms with Crippen molar-refractivity contribution in [2.24, 2.45) is 5.92 Å². The largest absolute Gasteiger partial charge is 0.383 e. The van der Waals surface area contributed by atoms with Gasteiger partial charge in [0.2, 0.25) is 0 Å². The van der Waals surface area contributed by atoms with Crippen molar-refractivity contribution >= 4 is 11.7 Å². The second-order valence-electron chi connectivity index (χ2n) is 6.99. The van der Waals surface area contributed by atoms with Gasteiger partial charge in [0.05, 0.1) is 6.61 Å². The summed E-state index contributed by atoms with van der Waals surface area (Å²) in [7, 11) is 1.60. The topological polar surface area (TPSA) is 55.4 Å². The highest BCUT2D eigenvalue weighted by atomic mass is 16.5. The van der Waals surface area contributed by atoms with Crippen LogP contribution in [0.1, 0.15) is 47.3 Å². The van der Waals surface area contributed by atoms with Crippen LogP contribution in [0.25, 0.3) is 0 Å². The third kappa shape index (κ3) is 7.38. The number of carbonyl (C=O) groups excluding carboxylic acids is 2. The number of amides is 1. The van der Waals surface area contributed by atoms with E-state index >= 15 is 0 Å². The van der Waals surface area contributed by atoms with Gasteiger partial charge in [-0.2, -0.15) is 0 Å². The van der Waals surface area contributed by atoms with Gasteiger partial charge in [-0.05, 0) is 55.2 Å². The lowest BCUT2D eigenvalue weighted by Crippen LogP contribution is -2.26. The molecule has 4 nitrogen and oxygen atoms in total. The molecule has 0 aliphatic rings. The van der Waals surface area contributed by atoms with Crippen LogP contribution in [-0.4, -0.2) is 32.0 Å². The molecule has 0 saturated heterocycles. The van der Waals surface area contributed by atoms with E-state index in [0.29, 0.717) is 31.1 Å². The van der Waals surface area contributed by atoms with E-state index < -0.39 is 0 Å². The van der Waals surface area contributed by atoms with Gasteiger partial charge >= 0.3 is 0 Å². The molecular formula is C24H27NO3. The minimum atomic E-state index is -0.135. The quantitative estimate of drug-likeness (QED) is 0.565. The Bertz CT molecular complexity index is 859. The molecule has 0 aliphatic carbocycles. The van der Waals surface area contributed by atoms with Gasteiger partial charge in [-0.25, -0.2) is 0 Å². The number of nitrogens with one attached hydrogen (secondary N) is 1. The number of ketones is 1. The summed E-state index contributed by atoms with van der Waals surface area (Å²) < 4.78 is 4.93. The molecule has 146 valence electrons. The Hall–Kier alpha value is -2.90. The third-order valence-corrected chi connectivity index (χ3v) is 4.24. The third-order valence-electron chi connectivity index (χ3n) is 4.24. The number of benzene rings is 2. The van der Waals surface area contributed by atoms with Crippen molar-refractivity contribution in [3.05, 3.63) is 70.8 Å². The van der Waals surface area contributed by atoms with Crippen molar-refractivity contribution < 1.29 is 14.3 Å². The summed E-state index contributed by atoms with van der Waals surface area (Å²) in [6.07, 6.45) is 1.49. The molecular weight excluding hydrogens is 350 g/mol. The van der Waals surface area contributed by atoms with Gasteiger partial charge in [0, 0.05) is 36.8 Å². The van der Waals surface area contributed by atoms with Crippen molar-refractivity contribution in [3.8, 4) is 11.8 Å². The molecule has 0 saturated carbocycles. The fourth-order valence-electron chi connectivity index (χ4n) is 2.94. The maximum absolute atomic E-state index is 12.1. The average molecular weight is 377 g/mol. The predicted octanol–water partition coefficient (Wildman–Crippen LogP) is 3.62. The Labute approximate surface area is 167 Å². The number of methoxy groups -OCH3 is 1. The number of carbonyl (C=O) groups is 2. The van der Waals surface area contributed by atoms with E-state index in [2.05, 4.69) is 36.2 Å². The Balaban J connectivity index is 2.00. The van der Waals surface area contributed by atoms with Gasteiger partial charge in [0.1, 0.15) is 5.78 Å². The molecule has 0 aromatic heterocycles. The molecule has 0 spiro atoms. The first-order valence-electron chi connectivity index (χ1n) is 9.45. The first kappa shape index (κ1) is 21.4. The zero-order valence-electron chi connectivity index (χ0n) is 16.7. The molecule has 28 heavy (non-hydrogen) atoms. The van der Waals surface area contributed by atoms with E-state index in [1.165, 1.54) is 5.56 Å². The molecule has 1 amide bonds. The Kier molecular flexibility index (Phi) is 8.45. The summed E-state index contributed by atoms with van der Waals surface area (Å²) in [4.78, 5) is 23.3. The number of hydrogen-bond acceptors (Lipinski definition) is 3. The molecule has 2 aromatic rings. The highest BCUT2D eigenvalue weighted by Crippen LogP contribution is 2.13. The molecule has 0 aliphatic heterocycles. The van der Waals surface area contributed by atoms with Crippen LogP contribution in [0.2, 0.25) is 0 Å². The highest BCUT2D eigenvalue weighted by molar-refractivity contribution is 5.94. The lowest BCUT2D eigenvalue weighted by atomic mass is 9.96. The van der Waals surface area contributed by atoms with Crippen molar-refractivity contribution in [1.82, 2.24) is 5.32 Å². The van der Waals surface area contributed by atoms with Crippen molar-refractivity contribution in [2.75, 3.05) is 20.3 Å². The maximum Gasteiger partial charge on any atom is 0.251 e. The van der Waals surface area contributed by atoms with Gasteiger partial charge in [0.15, 0.2) is 0 Å². The van der Waals surface area contributed by atoms with Crippen LogP contribution in [0.5, 0.6) is 0 Å². The van der Waals surface area contributed by atoms with Crippen LogP contribution >= 0.6 is 0 Å². The molecule has 1 unspecified atom stereocenters. The Morgan fingerprint density at radius 1 is 1.07 bits per heavy atom. The zero-order chi connectivity index (χ0) is 20.4. The fourth-order valence-corrected chi connectivity index (χ4v) is 2.94. The van der Waals surface area contributed by atoms with E-state index in [-0.39, 0.29) is 11.7 Å². The van der Waals surface area contributed by atoms with Crippen molar-refractivity contribution in [3.63, 3.8) is 0 Å². The number of rotatable bonds is 8. The first-order chi connectivity index (χ1) is 13.5. The van der Waals surface area contributed by atoms with E-state index in [0.717, 1.165) is 17.5 Å². The van der Waals surface area contributed by atoms with Crippen molar-refractivity contribution in [2.45, 2.75) is 26.7 Å². The van der Waals surface area contributed by atoms with Crippen molar-refractivity contribution in [1.29, 1.82) is 0 Å². The van der Waals surface area contributed by atoms with E-state index in [1.807, 2.05) is 24.3 Å². The number of hydrogen-bond donors (Lipinski definition) is 1. The van der Waals surface area contributed by atoms with Gasteiger partial charge in [-0.3, -0.25) is 4.79 Å². The van der Waals surface area contributed by atoms with Gasteiger partial charge < -0.3 is 14.8 Å². The summed E-state index contributed by atoms with van der Waals surface area (Å²) in [5, 5.41) is 2.80. The van der Waals surface area contributed by atoms with Crippen LogP contribution < -0.4 is 5.32 Å². The summed E-state index contributed by atoms with van der Waals surface area (Å²) in [6, 6.07) is 15.4. The predicted molar refractivity (Wildman–Crippen MR) is 111 cm³/mol. The summed E-state index contributed by atoms with van der Waals surface area (Å²) in [6.45, 7) is 4.68. The smallest absolute Gasteiger partial charge is 0.251 e. The molecule has 0 bridgehead atoms. The average Bonchev–Trinajstić information content (AvgIpc) is 2.67. The van der Waals surface area contributed by atoms with Gasteiger partial charge in [-0.1, -0.05) is 37.0 Å². The lowest BCUT2D eigenvalue weighted by molar-refractivity contribution is -0.117. The van der Waals surface area contributed by atoms with Gasteiger partial charge in [0.25, 0.3) is 5.91 Å². The van der Waals surface area contributed by atoms with E-state index in [4.69, 9.17) is 4.74 Å². The second kappa shape index (κ2) is 11.1. The molecule has 2 rings (SSSR count). The van der Waals surface area contributed by atoms with Gasteiger partial charge in [-0.15, -0.1) is 0 Å². The fraction of sp³-hybridized carbons (Fsp3) is 0.333. The second-order valence-corrected chi connectivity index (χ2v) is 6.99. The Morgan fingerprint density at radius 3 is 2.46 bits per heavy atom. The minimum absolute atomic E-state index is 0.135. The van der Waals surface area contributed by atoms with Crippen LogP contribution in [0.3, 0.4) is 0 Å². The molecule has 4 heteroatoms. The first-order valence-corrected chi connectivity index (χ1v) is 9.45. The lowest BCUT2D eigenvalue weighted by Gasteiger charge is -2.09. The van der Waals surface area contributed by atoms with Crippen LogP contribution in [0, 0.1) is 17.8 Å². The van der Waals surface area contributed by atoms with E-state index in [9.17, 15) is 9.59 Å².